The molecule has 2 aliphatic heterocycles. The van der Waals surface area contributed by atoms with E-state index in [-0.39, 0.29) is 12.5 Å². The van der Waals surface area contributed by atoms with Crippen LogP contribution >= 0.6 is 0 Å². The van der Waals surface area contributed by atoms with Crippen molar-refractivity contribution in [3.63, 3.8) is 0 Å². The maximum Gasteiger partial charge on any atom is 0.407 e. The van der Waals surface area contributed by atoms with Crippen LogP contribution in [0.25, 0.3) is 0 Å². The summed E-state index contributed by atoms with van der Waals surface area (Å²) in [4.78, 5) is 27.3. The van der Waals surface area contributed by atoms with Crippen LogP contribution in [0.15, 0.2) is 24.3 Å². The van der Waals surface area contributed by atoms with Gasteiger partial charge in [-0.1, -0.05) is 25.0 Å². The van der Waals surface area contributed by atoms with Crippen LogP contribution < -0.4 is 10.2 Å². The smallest absolute Gasteiger partial charge is 0.407 e. The van der Waals surface area contributed by atoms with E-state index < -0.39 is 12.1 Å². The SMILES string of the molecule is O=C1NCCCCCCc2cccc(c2)N2CCN(C(=O)O)CC12. The number of amides is 2. The van der Waals surface area contributed by atoms with Gasteiger partial charge in [0.25, 0.3) is 0 Å². The molecule has 1 saturated heterocycles. The standard InChI is InChI=1S/C18H25N3O3/c22-17-16-13-20(18(23)24)10-11-21(16)15-8-5-7-14(12-15)6-3-1-2-4-9-19-17/h5,7-8,12,16H,1-4,6,9-11,13H2,(H,19,22)(H,23,24). The average molecular weight is 331 g/mol. The number of carbonyl (C=O) groups excluding carboxylic acids is 1. The number of hydrogen-bond acceptors (Lipinski definition) is 3. The zero-order chi connectivity index (χ0) is 16.9. The van der Waals surface area contributed by atoms with E-state index in [4.69, 9.17) is 0 Å². The Hall–Kier alpha value is -2.24. The first-order valence-electron chi connectivity index (χ1n) is 8.76. The largest absolute Gasteiger partial charge is 0.465 e. The number of nitrogens with one attached hydrogen (secondary N) is 1. The third-order valence-electron chi connectivity index (χ3n) is 4.89. The van der Waals surface area contributed by atoms with Crippen LogP contribution in [0.4, 0.5) is 10.5 Å². The van der Waals surface area contributed by atoms with Gasteiger partial charge in [-0.15, -0.1) is 0 Å². The van der Waals surface area contributed by atoms with E-state index >= 15 is 0 Å². The number of anilines is 1. The lowest BCUT2D eigenvalue weighted by molar-refractivity contribution is -0.123. The van der Waals surface area contributed by atoms with Crippen LogP contribution in [0.2, 0.25) is 0 Å². The Bertz CT molecular complexity index is 605. The van der Waals surface area contributed by atoms with E-state index in [0.717, 1.165) is 31.4 Å². The van der Waals surface area contributed by atoms with E-state index in [1.807, 2.05) is 12.1 Å². The average Bonchev–Trinajstić information content (AvgIpc) is 2.60. The van der Waals surface area contributed by atoms with E-state index in [2.05, 4.69) is 22.3 Å². The molecule has 6 heteroatoms. The lowest BCUT2D eigenvalue weighted by atomic mass is 10.0. The van der Waals surface area contributed by atoms with Gasteiger partial charge in [-0.2, -0.15) is 0 Å². The molecule has 1 aromatic carbocycles. The predicted molar refractivity (Wildman–Crippen MR) is 92.4 cm³/mol. The molecule has 2 heterocycles. The number of aryl methyl sites for hydroxylation is 1. The highest BCUT2D eigenvalue weighted by Gasteiger charge is 2.34. The van der Waals surface area contributed by atoms with Crippen LogP contribution in [0, 0.1) is 0 Å². The van der Waals surface area contributed by atoms with E-state index in [1.54, 1.807) is 0 Å². The molecule has 0 spiro atoms. The maximum atomic E-state index is 12.6. The molecule has 1 fully saturated rings. The van der Waals surface area contributed by atoms with Crippen molar-refractivity contribution < 1.29 is 14.7 Å². The predicted octanol–water partition coefficient (Wildman–Crippen LogP) is 2.09. The number of carboxylic acid groups (broad SMARTS) is 1. The maximum absolute atomic E-state index is 12.6. The monoisotopic (exact) mass is 331 g/mol. The molecule has 3 rings (SSSR count). The van der Waals surface area contributed by atoms with Crippen LogP contribution in [0.1, 0.15) is 31.2 Å². The lowest BCUT2D eigenvalue weighted by Gasteiger charge is -2.41. The van der Waals surface area contributed by atoms with E-state index in [9.17, 15) is 14.7 Å². The zero-order valence-corrected chi connectivity index (χ0v) is 13.9. The van der Waals surface area contributed by atoms with Gasteiger partial charge in [-0.3, -0.25) is 4.79 Å². The molecule has 2 bridgehead atoms. The van der Waals surface area contributed by atoms with Gasteiger partial charge in [0.05, 0.1) is 6.54 Å². The highest BCUT2D eigenvalue weighted by Crippen LogP contribution is 2.23. The molecule has 0 saturated carbocycles. The molecule has 2 amide bonds. The highest BCUT2D eigenvalue weighted by molar-refractivity contribution is 5.86. The van der Waals surface area contributed by atoms with Crippen LogP contribution in [0.3, 0.4) is 0 Å². The molecule has 130 valence electrons. The summed E-state index contributed by atoms with van der Waals surface area (Å²) in [5.41, 5.74) is 2.29. The number of fused-ring (bicyclic) bond motifs is 4. The summed E-state index contributed by atoms with van der Waals surface area (Å²) in [6, 6.07) is 7.86. The summed E-state index contributed by atoms with van der Waals surface area (Å²) in [6.07, 6.45) is 4.50. The van der Waals surface area contributed by atoms with Crippen LogP contribution in [-0.2, 0) is 11.2 Å². The molecule has 6 nitrogen and oxygen atoms in total. The number of benzene rings is 1. The van der Waals surface area contributed by atoms with Crippen molar-refractivity contribution >= 4 is 17.7 Å². The number of rotatable bonds is 0. The van der Waals surface area contributed by atoms with Gasteiger partial charge in [-0.25, -0.2) is 4.79 Å². The Morgan fingerprint density at radius 3 is 2.83 bits per heavy atom. The lowest BCUT2D eigenvalue weighted by Crippen LogP contribution is -2.60. The fraction of sp³-hybridized carbons (Fsp3) is 0.556. The normalized spacial score (nSPS) is 22.5. The van der Waals surface area contributed by atoms with Gasteiger partial charge >= 0.3 is 6.09 Å². The molecule has 1 atom stereocenters. The van der Waals surface area contributed by atoms with Crippen LogP contribution in [0.5, 0.6) is 0 Å². The molecule has 0 aromatic heterocycles. The number of piperazine rings is 1. The van der Waals surface area contributed by atoms with Crippen molar-refractivity contribution in [3.8, 4) is 0 Å². The zero-order valence-electron chi connectivity index (χ0n) is 13.9. The summed E-state index contributed by atoms with van der Waals surface area (Å²) in [5, 5.41) is 12.3. The minimum absolute atomic E-state index is 0.0781. The second-order valence-corrected chi connectivity index (χ2v) is 6.56. The molecule has 0 aliphatic carbocycles. The van der Waals surface area contributed by atoms with Gasteiger partial charge in [0.1, 0.15) is 6.04 Å². The molecular formula is C18H25N3O3. The minimum atomic E-state index is -0.959. The number of hydrogen-bond donors (Lipinski definition) is 2. The fourth-order valence-electron chi connectivity index (χ4n) is 3.52. The minimum Gasteiger partial charge on any atom is -0.465 e. The Balaban J connectivity index is 1.88. The van der Waals surface area contributed by atoms with Crippen molar-refractivity contribution in [2.45, 2.75) is 38.1 Å². The first-order chi connectivity index (χ1) is 11.6. The van der Waals surface area contributed by atoms with Gasteiger partial charge in [-0.05, 0) is 37.0 Å². The Morgan fingerprint density at radius 1 is 1.17 bits per heavy atom. The first-order valence-corrected chi connectivity index (χ1v) is 8.76. The molecule has 2 N–H and O–H groups in total. The molecule has 2 aliphatic rings. The van der Waals surface area contributed by atoms with Crippen molar-refractivity contribution in [2.75, 3.05) is 31.1 Å². The number of nitrogens with zero attached hydrogens (tertiary/aromatic N) is 2. The van der Waals surface area contributed by atoms with Gasteiger partial charge in [0, 0.05) is 25.3 Å². The molecule has 24 heavy (non-hydrogen) atoms. The van der Waals surface area contributed by atoms with E-state index in [0.29, 0.717) is 19.6 Å². The number of carbonyl (C=O) groups is 2. The third kappa shape index (κ3) is 3.80. The summed E-state index contributed by atoms with van der Waals surface area (Å²) in [5.74, 6) is -0.0781. The first kappa shape index (κ1) is 16.6. The third-order valence-corrected chi connectivity index (χ3v) is 4.89. The Kier molecular flexibility index (Phi) is 5.23. The molecule has 1 aromatic rings. The fourth-order valence-corrected chi connectivity index (χ4v) is 3.52. The van der Waals surface area contributed by atoms with Crippen molar-refractivity contribution in [2.24, 2.45) is 0 Å². The summed E-state index contributed by atoms with van der Waals surface area (Å²) in [7, 11) is 0. The Labute approximate surface area is 142 Å². The van der Waals surface area contributed by atoms with Crippen molar-refractivity contribution in [3.05, 3.63) is 29.8 Å². The second kappa shape index (κ2) is 7.55. The molecular weight excluding hydrogens is 306 g/mol. The quantitative estimate of drug-likeness (QED) is 0.763. The van der Waals surface area contributed by atoms with Crippen molar-refractivity contribution in [1.29, 1.82) is 0 Å². The van der Waals surface area contributed by atoms with Gasteiger partial charge in [0.2, 0.25) is 5.91 Å². The summed E-state index contributed by atoms with van der Waals surface area (Å²) < 4.78 is 0. The highest BCUT2D eigenvalue weighted by atomic mass is 16.4. The summed E-state index contributed by atoms with van der Waals surface area (Å²) >= 11 is 0. The summed E-state index contributed by atoms with van der Waals surface area (Å²) in [6.45, 7) is 1.83. The van der Waals surface area contributed by atoms with Crippen molar-refractivity contribution in [1.82, 2.24) is 10.2 Å². The van der Waals surface area contributed by atoms with Gasteiger partial charge < -0.3 is 20.2 Å². The van der Waals surface area contributed by atoms with E-state index in [1.165, 1.54) is 16.9 Å². The molecule has 0 radical (unpaired) electrons. The Morgan fingerprint density at radius 2 is 2.00 bits per heavy atom. The topological polar surface area (TPSA) is 72.9 Å². The van der Waals surface area contributed by atoms with Gasteiger partial charge in [0.15, 0.2) is 0 Å². The second-order valence-electron chi connectivity index (χ2n) is 6.56. The molecule has 1 unspecified atom stereocenters. The van der Waals surface area contributed by atoms with Crippen LogP contribution in [-0.4, -0.2) is 54.2 Å².